The molecule has 190 valence electrons. The molecule has 0 radical (unpaired) electrons. The molecule has 1 saturated heterocycles. The maximum atomic E-state index is 13.4. The highest BCUT2D eigenvalue weighted by Crippen LogP contribution is 2.41. The van der Waals surface area contributed by atoms with Gasteiger partial charge in [-0.15, -0.1) is 0 Å². The molecule has 2 aromatic carbocycles. The lowest BCUT2D eigenvalue weighted by Gasteiger charge is -2.38. The number of carbonyl (C=O) groups excluding carboxylic acids is 1. The molecular formula is C28H23F2N7O. The standard InChI is InChI=1S/C28H23F2N7O/c29-28(30)15-36(16-28)27(38)24-11-18-1-2-19(12-23(18)37(24)22-7-8-22)26-31-10-9-25(35-26)34-21-5-3-17(4-6-21)20-13-32-33-14-20/h1-6,9-14,22H,7-8,15-16H2,(H,32,33)(H,31,34,35). The largest absolute Gasteiger partial charge is 0.340 e. The van der Waals surface area contributed by atoms with Crippen LogP contribution in [0.25, 0.3) is 33.4 Å². The van der Waals surface area contributed by atoms with Crippen LogP contribution in [0.3, 0.4) is 0 Å². The van der Waals surface area contributed by atoms with Gasteiger partial charge in [-0.05, 0) is 48.7 Å². The second-order valence-corrected chi connectivity index (χ2v) is 9.88. The molecular weight excluding hydrogens is 488 g/mol. The van der Waals surface area contributed by atoms with E-state index >= 15 is 0 Å². The van der Waals surface area contributed by atoms with Crippen LogP contribution in [0.15, 0.2) is 73.2 Å². The summed E-state index contributed by atoms with van der Waals surface area (Å²) >= 11 is 0. The van der Waals surface area contributed by atoms with E-state index in [1.165, 1.54) is 4.90 Å². The maximum Gasteiger partial charge on any atom is 0.282 e. The molecule has 1 aliphatic heterocycles. The Balaban J connectivity index is 1.17. The predicted molar refractivity (Wildman–Crippen MR) is 139 cm³/mol. The molecule has 0 atom stereocenters. The number of H-pyrrole nitrogens is 1. The monoisotopic (exact) mass is 511 g/mol. The minimum atomic E-state index is -2.79. The number of alkyl halides is 2. The van der Waals surface area contributed by atoms with Crippen molar-refractivity contribution in [1.82, 2.24) is 29.6 Å². The summed E-state index contributed by atoms with van der Waals surface area (Å²) in [7, 11) is 0. The first-order valence-electron chi connectivity index (χ1n) is 12.5. The number of anilines is 2. The number of rotatable bonds is 6. The van der Waals surface area contributed by atoms with Gasteiger partial charge < -0.3 is 14.8 Å². The van der Waals surface area contributed by atoms with Gasteiger partial charge in [-0.3, -0.25) is 9.89 Å². The summed E-state index contributed by atoms with van der Waals surface area (Å²) in [6, 6.07) is 17.6. The van der Waals surface area contributed by atoms with Crippen LogP contribution in [-0.4, -0.2) is 54.6 Å². The second kappa shape index (κ2) is 8.47. The summed E-state index contributed by atoms with van der Waals surface area (Å²) in [6.07, 6.45) is 7.24. The molecule has 0 unspecified atom stereocenters. The van der Waals surface area contributed by atoms with Gasteiger partial charge >= 0.3 is 0 Å². The van der Waals surface area contributed by atoms with Crippen LogP contribution in [-0.2, 0) is 0 Å². The molecule has 0 bridgehead atoms. The van der Waals surface area contributed by atoms with E-state index < -0.39 is 19.0 Å². The third-order valence-electron chi connectivity index (χ3n) is 7.01. The van der Waals surface area contributed by atoms with Gasteiger partial charge in [-0.1, -0.05) is 24.3 Å². The van der Waals surface area contributed by atoms with Crippen LogP contribution in [0.2, 0.25) is 0 Å². The lowest BCUT2D eigenvalue weighted by atomic mass is 10.1. The lowest BCUT2D eigenvalue weighted by molar-refractivity contribution is -0.113. The van der Waals surface area contributed by atoms with Gasteiger partial charge in [-0.25, -0.2) is 18.7 Å². The van der Waals surface area contributed by atoms with Crippen LogP contribution in [0.5, 0.6) is 0 Å². The van der Waals surface area contributed by atoms with E-state index in [1.807, 2.05) is 59.3 Å². The fraction of sp³-hybridized carbons (Fsp3) is 0.214. The van der Waals surface area contributed by atoms with Crippen molar-refractivity contribution >= 4 is 28.3 Å². The third kappa shape index (κ3) is 4.07. The average molecular weight is 512 g/mol. The normalized spacial score (nSPS) is 16.4. The van der Waals surface area contributed by atoms with Crippen molar-refractivity contribution in [3.8, 4) is 22.5 Å². The molecule has 0 spiro atoms. The van der Waals surface area contributed by atoms with Crippen molar-refractivity contribution in [2.45, 2.75) is 24.8 Å². The Labute approximate surface area is 216 Å². The number of benzene rings is 2. The Bertz CT molecular complexity index is 1650. The van der Waals surface area contributed by atoms with Crippen molar-refractivity contribution in [3.05, 3.63) is 78.9 Å². The highest BCUT2D eigenvalue weighted by molar-refractivity contribution is 6.00. The van der Waals surface area contributed by atoms with Gasteiger partial charge in [0.15, 0.2) is 5.82 Å². The highest BCUT2D eigenvalue weighted by atomic mass is 19.3. The molecule has 38 heavy (non-hydrogen) atoms. The molecule has 2 fully saturated rings. The summed E-state index contributed by atoms with van der Waals surface area (Å²) in [5.41, 5.74) is 5.12. The summed E-state index contributed by atoms with van der Waals surface area (Å²) in [4.78, 5) is 23.4. The SMILES string of the molecule is O=C(c1cc2ccc(-c3nccc(Nc4ccc(-c5cn[nH]c5)cc4)n3)cc2n1C1CC1)N1CC(F)(F)C1. The Hall–Kier alpha value is -4.60. The number of aromatic nitrogens is 5. The molecule has 5 aromatic rings. The fourth-order valence-corrected chi connectivity index (χ4v) is 4.94. The quantitative estimate of drug-likeness (QED) is 0.307. The Kier molecular flexibility index (Phi) is 5.04. The first-order chi connectivity index (χ1) is 18.4. The minimum absolute atomic E-state index is 0.197. The number of amides is 1. The van der Waals surface area contributed by atoms with Crippen molar-refractivity contribution in [2.75, 3.05) is 18.4 Å². The van der Waals surface area contributed by atoms with Crippen LogP contribution < -0.4 is 5.32 Å². The molecule has 2 aliphatic rings. The Morgan fingerprint density at radius 1 is 1.00 bits per heavy atom. The van der Waals surface area contributed by atoms with Crippen LogP contribution in [0.4, 0.5) is 20.3 Å². The Morgan fingerprint density at radius 3 is 2.50 bits per heavy atom. The Morgan fingerprint density at radius 2 is 1.79 bits per heavy atom. The summed E-state index contributed by atoms with van der Waals surface area (Å²) in [5.74, 6) is -1.94. The first kappa shape index (κ1) is 22.6. The number of hydrogen-bond donors (Lipinski definition) is 2. The molecule has 2 N–H and O–H groups in total. The first-order valence-corrected chi connectivity index (χ1v) is 12.5. The van der Waals surface area contributed by atoms with Gasteiger partial charge in [0.1, 0.15) is 11.5 Å². The average Bonchev–Trinajstić information content (AvgIpc) is 3.44. The maximum absolute atomic E-state index is 13.4. The van der Waals surface area contributed by atoms with E-state index in [-0.39, 0.29) is 11.9 Å². The summed E-state index contributed by atoms with van der Waals surface area (Å²) in [5, 5.41) is 11.0. The topological polar surface area (TPSA) is 91.7 Å². The third-order valence-corrected chi connectivity index (χ3v) is 7.01. The van der Waals surface area contributed by atoms with Crippen LogP contribution in [0.1, 0.15) is 29.4 Å². The fourth-order valence-electron chi connectivity index (χ4n) is 4.94. The number of hydrogen-bond acceptors (Lipinski definition) is 5. The number of halogens is 2. The van der Waals surface area contributed by atoms with Crippen molar-refractivity contribution in [3.63, 3.8) is 0 Å². The molecule has 4 heterocycles. The van der Waals surface area contributed by atoms with E-state index in [0.29, 0.717) is 17.3 Å². The number of nitrogens with one attached hydrogen (secondary N) is 2. The van der Waals surface area contributed by atoms with Crippen molar-refractivity contribution < 1.29 is 13.6 Å². The second-order valence-electron chi connectivity index (χ2n) is 9.88. The van der Waals surface area contributed by atoms with E-state index in [1.54, 1.807) is 18.5 Å². The minimum Gasteiger partial charge on any atom is -0.340 e. The van der Waals surface area contributed by atoms with E-state index in [0.717, 1.165) is 46.1 Å². The summed E-state index contributed by atoms with van der Waals surface area (Å²) in [6.45, 7) is -1.05. The van der Waals surface area contributed by atoms with E-state index in [2.05, 4.69) is 20.5 Å². The molecule has 8 nitrogen and oxygen atoms in total. The number of carbonyl (C=O) groups is 1. The molecule has 10 heteroatoms. The number of nitrogens with zero attached hydrogens (tertiary/aromatic N) is 5. The molecule has 7 rings (SSSR count). The molecule has 1 amide bonds. The summed E-state index contributed by atoms with van der Waals surface area (Å²) < 4.78 is 28.8. The van der Waals surface area contributed by atoms with E-state index in [4.69, 9.17) is 4.98 Å². The van der Waals surface area contributed by atoms with Gasteiger partial charge in [-0.2, -0.15) is 5.10 Å². The molecule has 3 aromatic heterocycles. The highest BCUT2D eigenvalue weighted by Gasteiger charge is 2.47. The zero-order valence-electron chi connectivity index (χ0n) is 20.2. The van der Waals surface area contributed by atoms with Crippen molar-refractivity contribution in [2.24, 2.45) is 0 Å². The smallest absolute Gasteiger partial charge is 0.282 e. The molecule has 1 aliphatic carbocycles. The zero-order chi connectivity index (χ0) is 25.9. The predicted octanol–water partition coefficient (Wildman–Crippen LogP) is 5.66. The van der Waals surface area contributed by atoms with Crippen molar-refractivity contribution in [1.29, 1.82) is 0 Å². The van der Waals surface area contributed by atoms with Crippen LogP contribution >= 0.6 is 0 Å². The lowest BCUT2D eigenvalue weighted by Crippen LogP contribution is -2.58. The molecule has 1 saturated carbocycles. The van der Waals surface area contributed by atoms with E-state index in [9.17, 15) is 13.6 Å². The van der Waals surface area contributed by atoms with Gasteiger partial charge in [0, 0.05) is 46.2 Å². The van der Waals surface area contributed by atoms with Gasteiger partial charge in [0.2, 0.25) is 0 Å². The number of aromatic amines is 1. The number of fused-ring (bicyclic) bond motifs is 1. The zero-order valence-corrected chi connectivity index (χ0v) is 20.2. The van der Waals surface area contributed by atoms with Crippen LogP contribution in [0, 0.1) is 0 Å². The van der Waals surface area contributed by atoms with Gasteiger partial charge in [0.05, 0.1) is 19.3 Å². The number of likely N-dealkylation sites (tertiary alicyclic amines) is 1. The van der Waals surface area contributed by atoms with Gasteiger partial charge in [0.25, 0.3) is 11.8 Å².